The van der Waals surface area contributed by atoms with E-state index in [1.165, 1.54) is 25.7 Å². The van der Waals surface area contributed by atoms with Gasteiger partial charge in [0, 0.05) is 31.2 Å². The Morgan fingerprint density at radius 1 is 1.00 bits per heavy atom. The van der Waals surface area contributed by atoms with Crippen LogP contribution in [-0.2, 0) is 0 Å². The van der Waals surface area contributed by atoms with Crippen LogP contribution in [0.4, 0.5) is 0 Å². The Labute approximate surface area is 74.1 Å². The Morgan fingerprint density at radius 2 is 1.67 bits per heavy atom. The normalized spacial score (nSPS) is 37.8. The molecule has 70 valence electrons. The molecule has 0 spiro atoms. The maximum atomic E-state index is 5.83. The zero-order valence-electron chi connectivity index (χ0n) is 7.55. The predicted molar refractivity (Wildman–Crippen MR) is 50.0 cm³/mol. The van der Waals surface area contributed by atoms with Crippen molar-refractivity contribution < 1.29 is 0 Å². The smallest absolute Gasteiger partial charge is 0.0319 e. The van der Waals surface area contributed by atoms with E-state index in [0.717, 1.165) is 25.2 Å². The minimum absolute atomic E-state index is 0.475. The van der Waals surface area contributed by atoms with Gasteiger partial charge in [0.2, 0.25) is 0 Å². The van der Waals surface area contributed by atoms with Gasteiger partial charge in [0.05, 0.1) is 0 Å². The van der Waals surface area contributed by atoms with Gasteiger partial charge in [-0.05, 0) is 25.7 Å². The van der Waals surface area contributed by atoms with Crippen molar-refractivity contribution in [1.82, 2.24) is 10.6 Å². The molecule has 0 unspecified atom stereocenters. The highest BCUT2D eigenvalue weighted by atomic mass is 15.1. The molecule has 0 radical (unpaired) electrons. The summed E-state index contributed by atoms with van der Waals surface area (Å²) in [4.78, 5) is 0. The minimum atomic E-state index is 0.475. The summed E-state index contributed by atoms with van der Waals surface area (Å²) in [6.07, 6.45) is 4.96. The fourth-order valence-electron chi connectivity index (χ4n) is 2.03. The summed E-state index contributed by atoms with van der Waals surface area (Å²) in [5.74, 6) is 0. The molecular formula is C9H19N3. The van der Waals surface area contributed by atoms with Crippen molar-refractivity contribution in [1.29, 1.82) is 0 Å². The van der Waals surface area contributed by atoms with Gasteiger partial charge in [-0.15, -0.1) is 0 Å². The standard InChI is InChI=1S/C9H19N3/c10-7-1-3-8(4-2-7)12-9-5-11-6-9/h7-9,11-12H,1-6,10H2. The number of hydrogen-bond donors (Lipinski definition) is 3. The van der Waals surface area contributed by atoms with Crippen molar-refractivity contribution in [3.8, 4) is 0 Å². The van der Waals surface area contributed by atoms with Gasteiger partial charge in [-0.3, -0.25) is 0 Å². The highest BCUT2D eigenvalue weighted by Gasteiger charge is 2.23. The van der Waals surface area contributed by atoms with Crippen LogP contribution in [0, 0.1) is 0 Å². The molecule has 0 aromatic rings. The minimum Gasteiger partial charge on any atom is -0.328 e. The van der Waals surface area contributed by atoms with Crippen molar-refractivity contribution >= 4 is 0 Å². The van der Waals surface area contributed by atoms with E-state index < -0.39 is 0 Å². The monoisotopic (exact) mass is 169 g/mol. The fourth-order valence-corrected chi connectivity index (χ4v) is 2.03. The van der Waals surface area contributed by atoms with E-state index in [1.807, 2.05) is 0 Å². The molecule has 0 atom stereocenters. The third kappa shape index (κ3) is 1.97. The lowest BCUT2D eigenvalue weighted by Gasteiger charge is -2.35. The van der Waals surface area contributed by atoms with Gasteiger partial charge >= 0.3 is 0 Å². The summed E-state index contributed by atoms with van der Waals surface area (Å²) in [5.41, 5.74) is 5.83. The maximum Gasteiger partial charge on any atom is 0.0319 e. The molecule has 0 bridgehead atoms. The first-order valence-electron chi connectivity index (χ1n) is 5.07. The number of nitrogens with one attached hydrogen (secondary N) is 2. The lowest BCUT2D eigenvalue weighted by atomic mass is 9.91. The van der Waals surface area contributed by atoms with E-state index in [1.54, 1.807) is 0 Å². The Kier molecular flexibility index (Phi) is 2.63. The van der Waals surface area contributed by atoms with E-state index in [9.17, 15) is 0 Å². The van der Waals surface area contributed by atoms with Gasteiger partial charge < -0.3 is 16.4 Å². The summed E-state index contributed by atoms with van der Waals surface area (Å²) in [7, 11) is 0. The van der Waals surface area contributed by atoms with Crippen LogP contribution in [0.5, 0.6) is 0 Å². The summed E-state index contributed by atoms with van der Waals surface area (Å²) in [6.45, 7) is 2.31. The van der Waals surface area contributed by atoms with E-state index in [-0.39, 0.29) is 0 Å². The molecule has 0 amide bonds. The van der Waals surface area contributed by atoms with Gasteiger partial charge in [-0.25, -0.2) is 0 Å². The van der Waals surface area contributed by atoms with E-state index in [4.69, 9.17) is 5.73 Å². The van der Waals surface area contributed by atoms with Crippen LogP contribution in [0.15, 0.2) is 0 Å². The molecule has 1 aliphatic carbocycles. The van der Waals surface area contributed by atoms with Crippen molar-refractivity contribution in [2.75, 3.05) is 13.1 Å². The predicted octanol–water partition coefficient (Wildman–Crippen LogP) is -0.182. The molecule has 1 aliphatic heterocycles. The quantitative estimate of drug-likeness (QED) is 0.537. The first kappa shape index (κ1) is 8.48. The molecule has 4 N–H and O–H groups in total. The topological polar surface area (TPSA) is 50.1 Å². The average molecular weight is 169 g/mol. The third-order valence-corrected chi connectivity index (χ3v) is 3.02. The highest BCUT2D eigenvalue weighted by molar-refractivity contribution is 4.87. The van der Waals surface area contributed by atoms with Crippen molar-refractivity contribution in [3.63, 3.8) is 0 Å². The number of hydrogen-bond acceptors (Lipinski definition) is 3. The van der Waals surface area contributed by atoms with Crippen molar-refractivity contribution in [2.24, 2.45) is 5.73 Å². The fraction of sp³-hybridized carbons (Fsp3) is 1.00. The molecule has 3 nitrogen and oxygen atoms in total. The molecular weight excluding hydrogens is 150 g/mol. The zero-order chi connectivity index (χ0) is 8.39. The van der Waals surface area contributed by atoms with Crippen molar-refractivity contribution in [3.05, 3.63) is 0 Å². The lowest BCUT2D eigenvalue weighted by Crippen LogP contribution is -2.58. The van der Waals surface area contributed by atoms with Gasteiger partial charge in [-0.2, -0.15) is 0 Å². The van der Waals surface area contributed by atoms with Crippen LogP contribution in [0.3, 0.4) is 0 Å². The van der Waals surface area contributed by atoms with E-state index in [2.05, 4.69) is 10.6 Å². The third-order valence-electron chi connectivity index (χ3n) is 3.02. The van der Waals surface area contributed by atoms with Gasteiger partial charge in [0.15, 0.2) is 0 Å². The molecule has 0 aromatic carbocycles. The average Bonchev–Trinajstić information content (AvgIpc) is 2.00. The number of rotatable bonds is 2. The number of nitrogens with two attached hydrogens (primary N) is 1. The second-order valence-electron chi connectivity index (χ2n) is 4.13. The summed E-state index contributed by atoms with van der Waals surface area (Å²) >= 11 is 0. The SMILES string of the molecule is NC1CCC(NC2CNC2)CC1. The first-order valence-corrected chi connectivity index (χ1v) is 5.07. The second-order valence-corrected chi connectivity index (χ2v) is 4.13. The molecule has 12 heavy (non-hydrogen) atoms. The van der Waals surface area contributed by atoms with Gasteiger partial charge in [-0.1, -0.05) is 0 Å². The molecule has 3 heteroatoms. The van der Waals surface area contributed by atoms with Crippen LogP contribution >= 0.6 is 0 Å². The Bertz CT molecular complexity index is 137. The molecule has 2 aliphatic rings. The Balaban J connectivity index is 1.67. The summed E-state index contributed by atoms with van der Waals surface area (Å²) < 4.78 is 0. The van der Waals surface area contributed by atoms with Crippen LogP contribution in [0.25, 0.3) is 0 Å². The first-order chi connectivity index (χ1) is 5.84. The van der Waals surface area contributed by atoms with Crippen LogP contribution < -0.4 is 16.4 Å². The van der Waals surface area contributed by atoms with Crippen LogP contribution in [0.1, 0.15) is 25.7 Å². The highest BCUT2D eigenvalue weighted by Crippen LogP contribution is 2.17. The zero-order valence-corrected chi connectivity index (χ0v) is 7.55. The molecule has 1 saturated carbocycles. The van der Waals surface area contributed by atoms with Gasteiger partial charge in [0.1, 0.15) is 0 Å². The molecule has 2 rings (SSSR count). The van der Waals surface area contributed by atoms with Crippen LogP contribution in [-0.4, -0.2) is 31.2 Å². The maximum absolute atomic E-state index is 5.83. The van der Waals surface area contributed by atoms with Gasteiger partial charge in [0.25, 0.3) is 0 Å². The molecule has 0 aromatic heterocycles. The Hall–Kier alpha value is -0.120. The van der Waals surface area contributed by atoms with E-state index >= 15 is 0 Å². The Morgan fingerprint density at radius 3 is 2.17 bits per heavy atom. The summed E-state index contributed by atoms with van der Waals surface area (Å²) in [5, 5.41) is 6.93. The van der Waals surface area contributed by atoms with E-state index in [0.29, 0.717) is 6.04 Å². The van der Waals surface area contributed by atoms with Crippen LogP contribution in [0.2, 0.25) is 0 Å². The summed E-state index contributed by atoms with van der Waals surface area (Å²) in [6, 6.07) is 1.96. The lowest BCUT2D eigenvalue weighted by molar-refractivity contribution is 0.272. The molecule has 1 saturated heterocycles. The second kappa shape index (κ2) is 3.73. The molecule has 2 fully saturated rings. The molecule has 1 heterocycles. The van der Waals surface area contributed by atoms with Crippen molar-refractivity contribution in [2.45, 2.75) is 43.8 Å². The largest absolute Gasteiger partial charge is 0.328 e.